The minimum absolute atomic E-state index is 0.0237. The first-order valence-corrected chi connectivity index (χ1v) is 13.5. The second-order valence-electron chi connectivity index (χ2n) is 9.27. The van der Waals surface area contributed by atoms with Gasteiger partial charge in [0.15, 0.2) is 6.61 Å². The maximum atomic E-state index is 12.9. The van der Waals surface area contributed by atoms with Crippen molar-refractivity contribution in [1.82, 2.24) is 4.90 Å². The summed E-state index contributed by atoms with van der Waals surface area (Å²) in [7, 11) is 0. The molecule has 1 aliphatic carbocycles. The first-order chi connectivity index (χ1) is 18.7. The normalized spacial score (nSPS) is 18.4. The molecule has 2 N–H and O–H groups in total. The summed E-state index contributed by atoms with van der Waals surface area (Å²) in [6.07, 6.45) is 2.98. The number of hydrogen-bond acceptors (Lipinski definition) is 9. The highest BCUT2D eigenvalue weighted by Crippen LogP contribution is 2.38. The van der Waals surface area contributed by atoms with Crippen molar-refractivity contribution < 1.29 is 38.2 Å². The number of carbonyl (C=O) groups is 6. The number of amides is 4. The van der Waals surface area contributed by atoms with Crippen LogP contribution < -0.4 is 10.6 Å². The Kier molecular flexibility index (Phi) is 8.75. The average molecular weight is 556 g/mol. The smallest absolute Gasteiger partial charge is 0.341 e. The molecule has 206 valence electrons. The Hall–Kier alpha value is -4.06. The molecule has 1 saturated carbocycles. The van der Waals surface area contributed by atoms with E-state index in [9.17, 15) is 28.8 Å². The Morgan fingerprint density at radius 1 is 0.974 bits per heavy atom. The van der Waals surface area contributed by atoms with Gasteiger partial charge in [-0.15, -0.1) is 11.3 Å². The molecular weight excluding hydrogens is 526 g/mol. The van der Waals surface area contributed by atoms with Gasteiger partial charge in [-0.25, -0.2) is 4.79 Å². The van der Waals surface area contributed by atoms with Crippen LogP contribution in [0.15, 0.2) is 30.3 Å². The maximum Gasteiger partial charge on any atom is 0.341 e. The fourth-order valence-corrected chi connectivity index (χ4v) is 5.95. The molecule has 0 radical (unpaired) electrons. The Morgan fingerprint density at radius 2 is 1.62 bits per heavy atom. The van der Waals surface area contributed by atoms with Crippen molar-refractivity contribution in [2.75, 3.05) is 30.4 Å². The molecule has 2 fully saturated rings. The monoisotopic (exact) mass is 555 g/mol. The zero-order chi connectivity index (χ0) is 28.1. The second-order valence-corrected chi connectivity index (χ2v) is 10.3. The molecule has 2 aromatic rings. The molecule has 2 aliphatic rings. The van der Waals surface area contributed by atoms with Gasteiger partial charge in [-0.1, -0.05) is 31.0 Å². The van der Waals surface area contributed by atoms with Gasteiger partial charge in [0.1, 0.15) is 11.5 Å². The summed E-state index contributed by atoms with van der Waals surface area (Å²) in [5.41, 5.74) is 0.905. The number of likely N-dealkylation sites (tertiary alicyclic amines) is 1. The van der Waals surface area contributed by atoms with Crippen molar-refractivity contribution in [3.8, 4) is 0 Å². The number of nitrogens with zero attached hydrogens (tertiary/aromatic N) is 1. The molecule has 11 nitrogen and oxygen atoms in total. The first kappa shape index (κ1) is 28.0. The van der Waals surface area contributed by atoms with Crippen molar-refractivity contribution >= 4 is 57.6 Å². The number of rotatable bonds is 9. The third-order valence-corrected chi connectivity index (χ3v) is 7.91. The van der Waals surface area contributed by atoms with E-state index in [1.165, 1.54) is 0 Å². The average Bonchev–Trinajstić information content (AvgIpc) is 3.37. The van der Waals surface area contributed by atoms with Crippen LogP contribution in [0.2, 0.25) is 0 Å². The second kappa shape index (κ2) is 12.2. The van der Waals surface area contributed by atoms with E-state index in [-0.39, 0.29) is 45.7 Å². The van der Waals surface area contributed by atoms with E-state index in [4.69, 9.17) is 9.47 Å². The zero-order valence-electron chi connectivity index (χ0n) is 21.6. The van der Waals surface area contributed by atoms with Gasteiger partial charge in [0, 0.05) is 5.69 Å². The number of ether oxygens (including phenoxy) is 2. The number of anilines is 2. The Balaban J connectivity index is 1.40. The lowest BCUT2D eigenvalue weighted by molar-refractivity contribution is -0.154. The van der Waals surface area contributed by atoms with Gasteiger partial charge in [0.25, 0.3) is 11.8 Å². The highest BCUT2D eigenvalue weighted by molar-refractivity contribution is 7.19. The van der Waals surface area contributed by atoms with E-state index >= 15 is 0 Å². The third kappa shape index (κ3) is 6.17. The minimum Gasteiger partial charge on any atom is -0.462 e. The minimum atomic E-state index is -0.901. The molecule has 2 unspecified atom stereocenters. The fraction of sp³-hybridized carbons (Fsp3) is 0.407. The summed E-state index contributed by atoms with van der Waals surface area (Å²) in [6.45, 7) is 2.01. The van der Waals surface area contributed by atoms with Gasteiger partial charge in [0.05, 0.1) is 28.9 Å². The lowest BCUT2D eigenvalue weighted by atomic mass is 9.81. The molecule has 4 rings (SSSR count). The van der Waals surface area contributed by atoms with Crippen molar-refractivity contribution in [2.45, 2.75) is 39.5 Å². The van der Waals surface area contributed by atoms with Crippen LogP contribution in [0.4, 0.5) is 10.7 Å². The van der Waals surface area contributed by atoms with Crippen LogP contribution in [0, 0.1) is 18.8 Å². The van der Waals surface area contributed by atoms with Crippen molar-refractivity contribution in [2.24, 2.45) is 11.8 Å². The van der Waals surface area contributed by atoms with E-state index in [0.717, 1.165) is 29.1 Å². The van der Waals surface area contributed by atoms with Crippen LogP contribution in [-0.2, 0) is 28.7 Å². The van der Waals surface area contributed by atoms with Crippen molar-refractivity contribution in [3.63, 3.8) is 0 Å². The van der Waals surface area contributed by atoms with Crippen LogP contribution in [0.5, 0.6) is 0 Å². The molecule has 2 heterocycles. The van der Waals surface area contributed by atoms with Crippen LogP contribution in [-0.4, -0.2) is 60.2 Å². The molecule has 12 heteroatoms. The summed E-state index contributed by atoms with van der Waals surface area (Å²) in [6, 6.07) is 8.74. The van der Waals surface area contributed by atoms with Crippen LogP contribution in [0.3, 0.4) is 0 Å². The number of para-hydroxylation sites is 1. The summed E-state index contributed by atoms with van der Waals surface area (Å²) >= 11 is 0.885. The Bertz CT molecular complexity index is 1280. The molecule has 1 aliphatic heterocycles. The molecular formula is C27H29N3O8S. The molecule has 39 heavy (non-hydrogen) atoms. The third-order valence-electron chi connectivity index (χ3n) is 6.70. The summed E-state index contributed by atoms with van der Waals surface area (Å²) < 4.78 is 10.1. The van der Waals surface area contributed by atoms with Crippen molar-refractivity contribution in [3.05, 3.63) is 46.3 Å². The predicted molar refractivity (Wildman–Crippen MR) is 141 cm³/mol. The predicted octanol–water partition coefficient (Wildman–Crippen LogP) is 3.14. The summed E-state index contributed by atoms with van der Waals surface area (Å²) in [5, 5.41) is 5.32. The number of imide groups is 1. The zero-order valence-corrected chi connectivity index (χ0v) is 22.4. The topological polar surface area (TPSA) is 148 Å². The van der Waals surface area contributed by atoms with Gasteiger partial charge >= 0.3 is 11.9 Å². The molecule has 1 saturated heterocycles. The standard InChI is InChI=1S/C27H29N3O8S/c1-3-37-27(36)21-15(2)22(23(33)28-16-9-5-4-6-10-16)39-24(21)29-19(31)14-38-20(32)13-30-25(34)17-11-7-8-12-18(17)26(30)35/h4-6,9-10,17-18H,3,7-8,11-14H2,1-2H3,(H,28,33)(H,29,31). The van der Waals surface area contributed by atoms with Crippen LogP contribution >= 0.6 is 11.3 Å². The quantitative estimate of drug-likeness (QED) is 0.354. The highest BCUT2D eigenvalue weighted by Gasteiger charge is 2.48. The van der Waals surface area contributed by atoms with Gasteiger partial charge in [-0.2, -0.15) is 0 Å². The molecule has 0 bridgehead atoms. The molecule has 2 atom stereocenters. The van der Waals surface area contributed by atoms with E-state index < -0.39 is 36.9 Å². The number of nitrogens with one attached hydrogen (secondary N) is 2. The largest absolute Gasteiger partial charge is 0.462 e. The highest BCUT2D eigenvalue weighted by atomic mass is 32.1. The Labute approximate surface area is 228 Å². The SMILES string of the molecule is CCOC(=O)c1c(NC(=O)COC(=O)CN2C(=O)C3CCCCC3C2=O)sc(C(=O)Nc2ccccc2)c1C. The van der Waals surface area contributed by atoms with E-state index in [1.807, 2.05) is 0 Å². The Morgan fingerprint density at radius 3 is 2.23 bits per heavy atom. The lowest BCUT2D eigenvalue weighted by Gasteiger charge is -2.19. The lowest BCUT2D eigenvalue weighted by Crippen LogP contribution is -2.37. The molecule has 1 aromatic carbocycles. The maximum absolute atomic E-state index is 12.9. The fourth-order valence-electron chi connectivity index (χ4n) is 4.85. The van der Waals surface area contributed by atoms with E-state index in [2.05, 4.69) is 10.6 Å². The van der Waals surface area contributed by atoms with Gasteiger partial charge in [-0.3, -0.25) is 28.9 Å². The van der Waals surface area contributed by atoms with E-state index in [0.29, 0.717) is 24.1 Å². The van der Waals surface area contributed by atoms with Crippen LogP contribution in [0.1, 0.15) is 58.2 Å². The number of hydrogen-bond donors (Lipinski definition) is 2. The first-order valence-electron chi connectivity index (χ1n) is 12.7. The molecule has 1 aromatic heterocycles. The number of esters is 2. The molecule has 0 spiro atoms. The summed E-state index contributed by atoms with van der Waals surface area (Å²) in [5.74, 6) is -4.38. The molecule has 4 amide bonds. The van der Waals surface area contributed by atoms with Gasteiger partial charge < -0.3 is 20.1 Å². The number of fused-ring (bicyclic) bond motifs is 1. The summed E-state index contributed by atoms with van der Waals surface area (Å²) in [4.78, 5) is 76.8. The number of benzene rings is 1. The van der Waals surface area contributed by atoms with Gasteiger partial charge in [0.2, 0.25) is 11.8 Å². The number of carbonyl (C=O) groups excluding carboxylic acids is 6. The van der Waals surface area contributed by atoms with Crippen LogP contribution in [0.25, 0.3) is 0 Å². The van der Waals surface area contributed by atoms with Gasteiger partial charge in [-0.05, 0) is 44.4 Å². The number of thiophene rings is 1. The van der Waals surface area contributed by atoms with E-state index in [1.54, 1.807) is 44.2 Å². The van der Waals surface area contributed by atoms with Crippen molar-refractivity contribution in [1.29, 1.82) is 0 Å².